The summed E-state index contributed by atoms with van der Waals surface area (Å²) in [4.78, 5) is 17.6. The fraction of sp³-hybridized carbons (Fsp3) is 0.286. The first-order valence-corrected chi connectivity index (χ1v) is 10.4. The fourth-order valence-corrected chi connectivity index (χ4v) is 3.59. The van der Waals surface area contributed by atoms with E-state index >= 15 is 0 Å². The molecule has 2 aromatic carbocycles. The molecule has 152 valence electrons. The van der Waals surface area contributed by atoms with Crippen LogP contribution >= 0.6 is 23.1 Å². The summed E-state index contributed by atoms with van der Waals surface area (Å²) in [6.45, 7) is 1.95. The predicted octanol–water partition coefficient (Wildman–Crippen LogP) is 4.19. The molecule has 1 heterocycles. The molecule has 29 heavy (non-hydrogen) atoms. The normalized spacial score (nSPS) is 13.0. The van der Waals surface area contributed by atoms with E-state index in [0.29, 0.717) is 40.1 Å². The van der Waals surface area contributed by atoms with Crippen molar-refractivity contribution in [2.45, 2.75) is 31.8 Å². The summed E-state index contributed by atoms with van der Waals surface area (Å²) in [6.07, 6.45) is 1.24. The van der Waals surface area contributed by atoms with Gasteiger partial charge in [-0.15, -0.1) is 0 Å². The molecule has 2 unspecified atom stereocenters. The van der Waals surface area contributed by atoms with Crippen molar-refractivity contribution in [3.63, 3.8) is 0 Å². The Hall–Kier alpha value is -2.48. The third-order valence-corrected chi connectivity index (χ3v) is 5.52. The number of nitrogens with zero attached hydrogens (tertiary/aromatic N) is 2. The molecule has 0 aliphatic heterocycles. The molecule has 0 aliphatic carbocycles. The molecule has 0 aliphatic rings. The maximum absolute atomic E-state index is 13.0. The number of hydrogen-bond donors (Lipinski definition) is 2. The van der Waals surface area contributed by atoms with Gasteiger partial charge in [0.05, 0.1) is 7.11 Å². The van der Waals surface area contributed by atoms with Crippen LogP contribution in [-0.4, -0.2) is 34.3 Å². The number of halogens is 1. The van der Waals surface area contributed by atoms with E-state index in [1.54, 1.807) is 31.4 Å². The molecule has 3 rings (SSSR count). The van der Waals surface area contributed by atoms with Crippen molar-refractivity contribution >= 4 is 34.0 Å². The Morgan fingerprint density at radius 3 is 2.52 bits per heavy atom. The highest BCUT2D eigenvalue weighted by Crippen LogP contribution is 2.20. The molecule has 1 aromatic heterocycles. The van der Waals surface area contributed by atoms with Crippen molar-refractivity contribution in [3.05, 3.63) is 70.5 Å². The van der Waals surface area contributed by atoms with Crippen LogP contribution in [0.15, 0.2) is 48.5 Å². The molecule has 0 spiro atoms. The summed E-state index contributed by atoms with van der Waals surface area (Å²) in [6, 6.07) is 13.6. The highest BCUT2D eigenvalue weighted by atomic mass is 35.5. The van der Waals surface area contributed by atoms with E-state index < -0.39 is 6.04 Å². The zero-order chi connectivity index (χ0) is 20.8. The highest BCUT2D eigenvalue weighted by Gasteiger charge is 2.26. The second-order valence-electron chi connectivity index (χ2n) is 6.61. The quantitative estimate of drug-likeness (QED) is 0.494. The van der Waals surface area contributed by atoms with Crippen LogP contribution in [0.4, 0.5) is 5.13 Å². The molecular weight excluding hydrogens is 408 g/mol. The summed E-state index contributed by atoms with van der Waals surface area (Å²) >= 11 is 7.15. The Morgan fingerprint density at radius 2 is 1.90 bits per heavy atom. The lowest BCUT2D eigenvalue weighted by molar-refractivity contribution is 0.0958. The van der Waals surface area contributed by atoms with Crippen molar-refractivity contribution in [2.24, 2.45) is 5.73 Å². The van der Waals surface area contributed by atoms with E-state index in [4.69, 9.17) is 22.1 Å². The van der Waals surface area contributed by atoms with Crippen LogP contribution in [-0.2, 0) is 6.42 Å². The predicted molar refractivity (Wildman–Crippen MR) is 117 cm³/mol. The van der Waals surface area contributed by atoms with Crippen molar-refractivity contribution < 1.29 is 9.53 Å². The van der Waals surface area contributed by atoms with Gasteiger partial charge >= 0.3 is 0 Å². The molecule has 0 radical (unpaired) electrons. The van der Waals surface area contributed by atoms with Gasteiger partial charge in [0.15, 0.2) is 5.78 Å². The molecule has 3 N–H and O–H groups in total. The Labute approximate surface area is 179 Å². The number of ketones is 1. The molecule has 0 amide bonds. The molecule has 0 saturated heterocycles. The lowest BCUT2D eigenvalue weighted by Crippen LogP contribution is -2.45. The molecule has 6 nitrogen and oxygen atoms in total. The highest BCUT2D eigenvalue weighted by molar-refractivity contribution is 7.09. The summed E-state index contributed by atoms with van der Waals surface area (Å²) in [7, 11) is 1.59. The van der Waals surface area contributed by atoms with Crippen LogP contribution in [0.1, 0.15) is 35.1 Å². The summed E-state index contributed by atoms with van der Waals surface area (Å²) in [5.41, 5.74) is 7.87. The molecule has 3 aromatic rings. The molecular formula is C21H23ClN4O2S. The lowest BCUT2D eigenvalue weighted by Gasteiger charge is -2.22. The van der Waals surface area contributed by atoms with E-state index in [2.05, 4.69) is 14.7 Å². The zero-order valence-electron chi connectivity index (χ0n) is 16.3. The van der Waals surface area contributed by atoms with Gasteiger partial charge in [0.1, 0.15) is 17.6 Å². The number of benzene rings is 2. The van der Waals surface area contributed by atoms with Crippen LogP contribution in [0.5, 0.6) is 5.75 Å². The molecule has 2 atom stereocenters. The topological polar surface area (TPSA) is 90.1 Å². The third-order valence-electron chi connectivity index (χ3n) is 4.58. The van der Waals surface area contributed by atoms with Gasteiger partial charge in [-0.05, 0) is 48.4 Å². The Balaban J connectivity index is 1.73. The minimum atomic E-state index is -0.593. The van der Waals surface area contributed by atoms with Crippen LogP contribution in [0.25, 0.3) is 0 Å². The summed E-state index contributed by atoms with van der Waals surface area (Å²) in [5, 5.41) is 4.45. The average Bonchev–Trinajstić information content (AvgIpc) is 3.19. The van der Waals surface area contributed by atoms with Crippen LogP contribution in [0, 0.1) is 0 Å². The molecule has 8 heteroatoms. The second-order valence-corrected chi connectivity index (χ2v) is 7.79. The van der Waals surface area contributed by atoms with Crippen molar-refractivity contribution in [3.8, 4) is 5.75 Å². The van der Waals surface area contributed by atoms with Gasteiger partial charge in [-0.2, -0.15) is 4.37 Å². The first kappa shape index (κ1) is 21.2. The minimum absolute atomic E-state index is 0.0866. The molecule has 0 saturated carbocycles. The number of ether oxygens (including phenoxy) is 1. The van der Waals surface area contributed by atoms with E-state index in [1.165, 1.54) is 11.5 Å². The van der Waals surface area contributed by atoms with Gasteiger partial charge in [-0.1, -0.05) is 30.7 Å². The average molecular weight is 431 g/mol. The number of methoxy groups -OCH3 is 1. The smallest absolute Gasteiger partial charge is 0.203 e. The van der Waals surface area contributed by atoms with Crippen LogP contribution in [0.3, 0.4) is 0 Å². The number of rotatable bonds is 9. The third kappa shape index (κ3) is 5.53. The standard InChI is InChI=1S/C21H23ClN4O2S/c1-3-17(23)19(20(27)14-6-10-16(28-2)11-7-14)25-21-24-18(26-29-21)12-13-4-8-15(22)9-5-13/h4-11,17,19H,3,12,23H2,1-2H3,(H,24,25,26). The SMILES string of the molecule is CCC(N)C(Nc1nc(Cc2ccc(Cl)cc2)ns1)C(=O)c1ccc(OC)cc1. The molecule has 0 fully saturated rings. The Bertz CT molecular complexity index is 944. The number of Topliss-reactive ketones (excluding diaryl/α,β-unsaturated/α-hetero) is 1. The van der Waals surface area contributed by atoms with Gasteiger partial charge < -0.3 is 15.8 Å². The van der Waals surface area contributed by atoms with Gasteiger partial charge in [-0.3, -0.25) is 4.79 Å². The van der Waals surface area contributed by atoms with E-state index in [-0.39, 0.29) is 11.8 Å². The van der Waals surface area contributed by atoms with Gasteiger partial charge in [-0.25, -0.2) is 4.98 Å². The van der Waals surface area contributed by atoms with E-state index in [1.807, 2.05) is 31.2 Å². The number of nitrogens with one attached hydrogen (secondary N) is 1. The number of anilines is 1. The Kier molecular flexibility index (Phi) is 7.19. The number of aromatic nitrogens is 2. The summed E-state index contributed by atoms with van der Waals surface area (Å²) in [5.74, 6) is 1.29. The van der Waals surface area contributed by atoms with Crippen LogP contribution in [0.2, 0.25) is 5.02 Å². The molecule has 0 bridgehead atoms. The second kappa shape index (κ2) is 9.82. The number of carbonyl (C=O) groups excluding carboxylic acids is 1. The maximum atomic E-state index is 13.0. The van der Waals surface area contributed by atoms with Gasteiger partial charge in [0.25, 0.3) is 0 Å². The van der Waals surface area contributed by atoms with Crippen molar-refractivity contribution in [1.29, 1.82) is 0 Å². The summed E-state index contributed by atoms with van der Waals surface area (Å²) < 4.78 is 9.55. The number of nitrogens with two attached hydrogens (primary N) is 1. The van der Waals surface area contributed by atoms with Crippen molar-refractivity contribution in [1.82, 2.24) is 9.36 Å². The van der Waals surface area contributed by atoms with E-state index in [0.717, 1.165) is 5.56 Å². The first-order valence-electron chi connectivity index (χ1n) is 9.27. The van der Waals surface area contributed by atoms with E-state index in [9.17, 15) is 4.79 Å². The zero-order valence-corrected chi connectivity index (χ0v) is 17.8. The largest absolute Gasteiger partial charge is 0.497 e. The van der Waals surface area contributed by atoms with Crippen LogP contribution < -0.4 is 15.8 Å². The monoisotopic (exact) mass is 430 g/mol. The number of carbonyl (C=O) groups is 1. The minimum Gasteiger partial charge on any atom is -0.497 e. The number of hydrogen-bond acceptors (Lipinski definition) is 7. The lowest BCUT2D eigenvalue weighted by atomic mass is 9.97. The first-order chi connectivity index (χ1) is 14.0. The van der Waals surface area contributed by atoms with Gasteiger partial charge in [0, 0.05) is 34.6 Å². The van der Waals surface area contributed by atoms with Crippen molar-refractivity contribution in [2.75, 3.05) is 12.4 Å². The fourth-order valence-electron chi connectivity index (χ4n) is 2.84. The Morgan fingerprint density at radius 1 is 1.21 bits per heavy atom. The van der Waals surface area contributed by atoms with Gasteiger partial charge in [0.2, 0.25) is 5.13 Å². The maximum Gasteiger partial charge on any atom is 0.203 e.